The molecule has 0 N–H and O–H groups in total. The number of thioether (sulfide) groups is 1. The molecule has 6 nitrogen and oxygen atoms in total. The first-order valence-corrected chi connectivity index (χ1v) is 11.3. The molecule has 2 aromatic heterocycles. The standard InChI is InChI=1S/C25H17FN2O4S/c26-18-7-3-1-5-16(18)13-33-25-27-22-17-6-2-4-8-19(17)32-23(22)24(29)28(25)12-15-9-10-20-21(11-15)31-14-30-20/h1-11H,12-14H2. The van der Waals surface area contributed by atoms with Crippen LogP contribution in [0.25, 0.3) is 22.1 Å². The van der Waals surface area contributed by atoms with Crippen LogP contribution in [0.15, 0.2) is 81.1 Å². The fraction of sp³-hybridized carbons (Fsp3) is 0.120. The molecule has 164 valence electrons. The zero-order valence-corrected chi connectivity index (χ0v) is 18.1. The molecule has 8 heteroatoms. The van der Waals surface area contributed by atoms with Gasteiger partial charge in [0.25, 0.3) is 5.56 Å². The molecule has 1 aliphatic heterocycles. The second-order valence-electron chi connectivity index (χ2n) is 7.63. The maximum Gasteiger partial charge on any atom is 0.298 e. The molecule has 0 radical (unpaired) electrons. The van der Waals surface area contributed by atoms with Crippen molar-refractivity contribution in [2.24, 2.45) is 0 Å². The van der Waals surface area contributed by atoms with Crippen molar-refractivity contribution in [1.29, 1.82) is 0 Å². The van der Waals surface area contributed by atoms with Crippen LogP contribution >= 0.6 is 11.8 Å². The summed E-state index contributed by atoms with van der Waals surface area (Å²) in [7, 11) is 0. The highest BCUT2D eigenvalue weighted by Crippen LogP contribution is 2.33. The molecule has 0 amide bonds. The number of furan rings is 1. The first-order chi connectivity index (χ1) is 16.2. The molecule has 33 heavy (non-hydrogen) atoms. The first kappa shape index (κ1) is 19.9. The molecule has 0 unspecified atom stereocenters. The van der Waals surface area contributed by atoms with Gasteiger partial charge in [0, 0.05) is 11.1 Å². The molecule has 0 spiro atoms. The second kappa shape index (κ2) is 7.97. The number of halogens is 1. The molecule has 0 bridgehead atoms. The van der Waals surface area contributed by atoms with Crippen molar-refractivity contribution in [1.82, 2.24) is 9.55 Å². The van der Waals surface area contributed by atoms with E-state index in [1.807, 2.05) is 42.5 Å². The third kappa shape index (κ3) is 3.52. The van der Waals surface area contributed by atoms with Crippen LogP contribution in [0.5, 0.6) is 11.5 Å². The molecule has 0 fully saturated rings. The van der Waals surface area contributed by atoms with E-state index in [1.54, 1.807) is 22.8 Å². The number of ether oxygens (including phenoxy) is 2. The Balaban J connectivity index is 1.47. The summed E-state index contributed by atoms with van der Waals surface area (Å²) >= 11 is 1.31. The van der Waals surface area contributed by atoms with Gasteiger partial charge in [-0.3, -0.25) is 9.36 Å². The van der Waals surface area contributed by atoms with Gasteiger partial charge >= 0.3 is 0 Å². The van der Waals surface area contributed by atoms with Gasteiger partial charge in [-0.15, -0.1) is 0 Å². The van der Waals surface area contributed by atoms with Crippen LogP contribution in [0, 0.1) is 5.82 Å². The number of aromatic nitrogens is 2. The van der Waals surface area contributed by atoms with Gasteiger partial charge in [0.2, 0.25) is 12.4 Å². The van der Waals surface area contributed by atoms with E-state index in [0.29, 0.717) is 39.1 Å². The monoisotopic (exact) mass is 460 g/mol. The van der Waals surface area contributed by atoms with Crippen LogP contribution in [0.4, 0.5) is 4.39 Å². The Hall–Kier alpha value is -3.78. The quantitative estimate of drug-likeness (QED) is 0.260. The first-order valence-electron chi connectivity index (χ1n) is 10.3. The predicted octanol–water partition coefficient (Wildman–Crippen LogP) is 5.35. The molecule has 0 saturated heterocycles. The van der Waals surface area contributed by atoms with Crippen LogP contribution in [0.3, 0.4) is 0 Å². The maximum absolute atomic E-state index is 14.2. The smallest absolute Gasteiger partial charge is 0.298 e. The van der Waals surface area contributed by atoms with Crippen molar-refractivity contribution in [3.63, 3.8) is 0 Å². The molecule has 5 aromatic rings. The highest BCUT2D eigenvalue weighted by Gasteiger charge is 2.20. The Labute approximate surface area is 191 Å². The highest BCUT2D eigenvalue weighted by molar-refractivity contribution is 7.98. The van der Waals surface area contributed by atoms with Gasteiger partial charge < -0.3 is 13.9 Å². The minimum Gasteiger partial charge on any atom is -0.454 e. The van der Waals surface area contributed by atoms with Crippen LogP contribution < -0.4 is 15.0 Å². The normalized spacial score (nSPS) is 12.6. The molecule has 3 aromatic carbocycles. The van der Waals surface area contributed by atoms with E-state index in [4.69, 9.17) is 18.9 Å². The Morgan fingerprint density at radius 1 is 1.00 bits per heavy atom. The fourth-order valence-corrected chi connectivity index (χ4v) is 4.86. The van der Waals surface area contributed by atoms with Crippen molar-refractivity contribution < 1.29 is 18.3 Å². The van der Waals surface area contributed by atoms with Crippen molar-refractivity contribution in [3.05, 3.63) is 94.0 Å². The van der Waals surface area contributed by atoms with Crippen molar-refractivity contribution in [2.45, 2.75) is 17.5 Å². The Morgan fingerprint density at radius 3 is 2.73 bits per heavy atom. The molecular formula is C25H17FN2O4S. The lowest BCUT2D eigenvalue weighted by atomic mass is 10.2. The van der Waals surface area contributed by atoms with E-state index in [9.17, 15) is 9.18 Å². The third-order valence-corrected chi connectivity index (χ3v) is 6.56. The number of nitrogens with zero attached hydrogens (tertiary/aromatic N) is 2. The van der Waals surface area contributed by atoms with E-state index in [-0.39, 0.29) is 30.3 Å². The minimum absolute atomic E-state index is 0.176. The topological polar surface area (TPSA) is 66.5 Å². The summed E-state index contributed by atoms with van der Waals surface area (Å²) in [5, 5.41) is 1.26. The zero-order chi connectivity index (χ0) is 22.4. The van der Waals surface area contributed by atoms with E-state index >= 15 is 0 Å². The van der Waals surface area contributed by atoms with Crippen LogP contribution in [-0.2, 0) is 12.3 Å². The van der Waals surface area contributed by atoms with E-state index in [0.717, 1.165) is 10.9 Å². The summed E-state index contributed by atoms with van der Waals surface area (Å²) in [6.07, 6.45) is 0. The summed E-state index contributed by atoms with van der Waals surface area (Å²) in [5.41, 5.74) is 2.42. The Bertz CT molecular complexity index is 1580. The third-order valence-electron chi connectivity index (χ3n) is 5.54. The number of hydrogen-bond acceptors (Lipinski definition) is 6. The molecule has 1 aliphatic rings. The Kier molecular flexibility index (Phi) is 4.80. The van der Waals surface area contributed by atoms with Crippen molar-refractivity contribution >= 4 is 33.8 Å². The van der Waals surface area contributed by atoms with Crippen LogP contribution in [-0.4, -0.2) is 16.3 Å². The number of rotatable bonds is 5. The van der Waals surface area contributed by atoms with E-state index in [2.05, 4.69) is 0 Å². The van der Waals surface area contributed by atoms with Gasteiger partial charge in [-0.2, -0.15) is 0 Å². The Morgan fingerprint density at radius 2 is 1.82 bits per heavy atom. The minimum atomic E-state index is -0.287. The summed E-state index contributed by atoms with van der Waals surface area (Å²) in [6, 6.07) is 19.6. The molecular weight excluding hydrogens is 443 g/mol. The summed E-state index contributed by atoms with van der Waals surface area (Å²) in [5.74, 6) is 1.36. The maximum atomic E-state index is 14.2. The van der Waals surface area contributed by atoms with Gasteiger partial charge in [0.1, 0.15) is 16.9 Å². The molecule has 0 aliphatic carbocycles. The van der Waals surface area contributed by atoms with E-state index in [1.165, 1.54) is 17.8 Å². The van der Waals surface area contributed by atoms with Gasteiger partial charge in [-0.05, 0) is 41.5 Å². The molecule has 6 rings (SSSR count). The number of para-hydroxylation sites is 1. The number of benzene rings is 3. The van der Waals surface area contributed by atoms with Crippen molar-refractivity contribution in [2.75, 3.05) is 6.79 Å². The lowest BCUT2D eigenvalue weighted by molar-refractivity contribution is 0.174. The van der Waals surface area contributed by atoms with Gasteiger partial charge in [0.15, 0.2) is 16.7 Å². The molecule has 0 atom stereocenters. The zero-order valence-electron chi connectivity index (χ0n) is 17.3. The second-order valence-corrected chi connectivity index (χ2v) is 8.57. The highest BCUT2D eigenvalue weighted by atomic mass is 32.2. The summed E-state index contributed by atoms with van der Waals surface area (Å²) in [4.78, 5) is 18.3. The van der Waals surface area contributed by atoms with Crippen LogP contribution in [0.1, 0.15) is 11.1 Å². The predicted molar refractivity (Wildman–Crippen MR) is 123 cm³/mol. The summed E-state index contributed by atoms with van der Waals surface area (Å²) < 4.78 is 32.5. The summed E-state index contributed by atoms with van der Waals surface area (Å²) in [6.45, 7) is 0.435. The largest absolute Gasteiger partial charge is 0.454 e. The van der Waals surface area contributed by atoms with Crippen molar-refractivity contribution in [3.8, 4) is 11.5 Å². The van der Waals surface area contributed by atoms with E-state index < -0.39 is 0 Å². The lowest BCUT2D eigenvalue weighted by Crippen LogP contribution is -2.23. The van der Waals surface area contributed by atoms with Gasteiger partial charge in [-0.25, -0.2) is 9.37 Å². The van der Waals surface area contributed by atoms with Gasteiger partial charge in [0.05, 0.1) is 6.54 Å². The average molecular weight is 460 g/mol. The lowest BCUT2D eigenvalue weighted by Gasteiger charge is -2.12. The molecule has 3 heterocycles. The average Bonchev–Trinajstić information content (AvgIpc) is 3.45. The number of hydrogen-bond donors (Lipinski definition) is 0. The number of fused-ring (bicyclic) bond motifs is 4. The molecule has 0 saturated carbocycles. The SMILES string of the molecule is O=c1c2oc3ccccc3c2nc(SCc2ccccc2F)n1Cc1ccc2c(c1)OCO2. The van der Waals surface area contributed by atoms with Crippen LogP contribution in [0.2, 0.25) is 0 Å². The fourth-order valence-electron chi connectivity index (χ4n) is 3.88. The van der Waals surface area contributed by atoms with Gasteiger partial charge in [-0.1, -0.05) is 48.2 Å².